The van der Waals surface area contributed by atoms with Crippen molar-refractivity contribution in [2.75, 3.05) is 0 Å². The van der Waals surface area contributed by atoms with Gasteiger partial charge in [0.2, 0.25) is 6.33 Å². The molecule has 8 aromatic rings. The number of hydrogen-bond acceptors (Lipinski definition) is 4. The van der Waals surface area contributed by atoms with Crippen molar-refractivity contribution in [3.63, 3.8) is 0 Å². The van der Waals surface area contributed by atoms with Gasteiger partial charge in [-0.1, -0.05) is 63.2 Å². The minimum Gasteiger partial charge on any atom is -0.458 e. The normalized spacial score (nSPS) is 13.6. The van der Waals surface area contributed by atoms with Gasteiger partial charge in [0.1, 0.15) is 27.8 Å². The molecule has 10 rings (SSSR count). The van der Waals surface area contributed by atoms with Gasteiger partial charge in [0, 0.05) is 17.0 Å². The fraction of sp³-hybridized carbons (Fsp3) is 0.135. The fourth-order valence-electron chi connectivity index (χ4n) is 7.31. The zero-order chi connectivity index (χ0) is 30.2. The smallest absolute Gasteiger partial charge is 0.259 e. The summed E-state index contributed by atoms with van der Waals surface area (Å²) in [5.41, 5.74) is 10.1. The highest BCUT2D eigenvalue weighted by Crippen LogP contribution is 2.40. The van der Waals surface area contributed by atoms with Crippen LogP contribution in [0.25, 0.3) is 42.8 Å². The first-order chi connectivity index (χ1) is 21.8. The highest BCUT2D eigenvalue weighted by atomic mass is 32.1. The summed E-state index contributed by atoms with van der Waals surface area (Å²) in [6.45, 7) is 6.74. The summed E-state index contributed by atoms with van der Waals surface area (Å²) in [4.78, 5) is 6.08. The molecule has 2 aliphatic rings. The molecule has 6 heterocycles. The zero-order valence-corrected chi connectivity index (χ0v) is 26.1. The summed E-state index contributed by atoms with van der Waals surface area (Å²) in [7, 11) is 2.04. The van der Waals surface area contributed by atoms with Crippen LogP contribution in [0.2, 0.25) is 0 Å². The van der Waals surface area contributed by atoms with Crippen molar-refractivity contribution < 1.29 is 14.0 Å². The van der Waals surface area contributed by atoms with Gasteiger partial charge in [0.25, 0.3) is 6.71 Å². The maximum absolute atomic E-state index is 6.63. The SMILES string of the molecule is C[n+]1[c-]n(-c2ccc3c(c2)B2c4cc5c(cc4Oc4cccc(c42)O3)cc2sc3c(C(C)(C)C)ccnc3n25)c2ccccc21. The molecule has 0 saturated heterocycles. The van der Waals surface area contributed by atoms with Crippen LogP contribution in [0.5, 0.6) is 23.0 Å². The number of thiazole rings is 1. The molecule has 216 valence electrons. The third kappa shape index (κ3) is 3.40. The van der Waals surface area contributed by atoms with Gasteiger partial charge in [-0.2, -0.15) is 0 Å². The number of hydrogen-bond donors (Lipinski definition) is 0. The number of nitrogens with zero attached hydrogens (tertiary/aromatic N) is 4. The Kier molecular flexibility index (Phi) is 4.80. The predicted octanol–water partition coefficient (Wildman–Crippen LogP) is 6.30. The van der Waals surface area contributed by atoms with Crippen molar-refractivity contribution in [3.05, 3.63) is 103 Å². The lowest BCUT2D eigenvalue weighted by atomic mass is 9.35. The Morgan fingerprint density at radius 3 is 2.47 bits per heavy atom. The van der Waals surface area contributed by atoms with Crippen LogP contribution in [-0.2, 0) is 12.5 Å². The molecular weight excluding hydrogens is 575 g/mol. The molecule has 6 nitrogen and oxygen atoms in total. The number of rotatable bonds is 1. The van der Waals surface area contributed by atoms with E-state index in [2.05, 4.69) is 103 Å². The monoisotopic (exact) mass is 602 g/mol. The molecular formula is C37H27BN4O2S. The van der Waals surface area contributed by atoms with Crippen LogP contribution in [0.1, 0.15) is 26.3 Å². The maximum atomic E-state index is 6.63. The first-order valence-corrected chi connectivity index (χ1v) is 16.0. The van der Waals surface area contributed by atoms with Crippen LogP contribution >= 0.6 is 11.3 Å². The van der Waals surface area contributed by atoms with Crippen LogP contribution in [0.15, 0.2) is 91.1 Å². The van der Waals surface area contributed by atoms with E-state index < -0.39 is 0 Å². The molecule has 0 radical (unpaired) electrons. The van der Waals surface area contributed by atoms with Gasteiger partial charge < -0.3 is 18.6 Å². The van der Waals surface area contributed by atoms with E-state index in [1.165, 1.54) is 15.1 Å². The quantitative estimate of drug-likeness (QED) is 0.126. The number of aryl methyl sites for hydroxylation is 1. The molecule has 4 aromatic heterocycles. The van der Waals surface area contributed by atoms with Crippen molar-refractivity contribution in [3.8, 4) is 28.7 Å². The van der Waals surface area contributed by atoms with Gasteiger partial charge in [0.05, 0.1) is 34.0 Å². The van der Waals surface area contributed by atoms with Gasteiger partial charge in [-0.15, -0.1) is 11.3 Å². The van der Waals surface area contributed by atoms with Gasteiger partial charge in [-0.05, 0) is 64.4 Å². The molecule has 45 heavy (non-hydrogen) atoms. The Morgan fingerprint density at radius 2 is 1.62 bits per heavy atom. The summed E-state index contributed by atoms with van der Waals surface area (Å²) in [6, 6.07) is 29.9. The first-order valence-electron chi connectivity index (χ1n) is 15.2. The lowest BCUT2D eigenvalue weighted by Crippen LogP contribution is -2.57. The summed E-state index contributed by atoms with van der Waals surface area (Å²) in [6.07, 6.45) is 5.45. The topological polar surface area (TPSA) is 44.6 Å². The Hall–Kier alpha value is -5.08. The summed E-state index contributed by atoms with van der Waals surface area (Å²) < 4.78 is 20.9. The van der Waals surface area contributed by atoms with E-state index in [4.69, 9.17) is 14.5 Å². The second-order valence-electron chi connectivity index (χ2n) is 13.1. The molecule has 0 atom stereocenters. The Labute approximate surface area is 263 Å². The van der Waals surface area contributed by atoms with Crippen LogP contribution in [-0.4, -0.2) is 20.7 Å². The number of para-hydroxylation sites is 2. The molecule has 0 saturated carbocycles. The van der Waals surface area contributed by atoms with Crippen LogP contribution in [0, 0.1) is 6.33 Å². The van der Waals surface area contributed by atoms with E-state index in [1.807, 2.05) is 47.3 Å². The van der Waals surface area contributed by atoms with Crippen molar-refractivity contribution in [2.24, 2.45) is 7.05 Å². The molecule has 2 aliphatic heterocycles. The fourth-order valence-corrected chi connectivity index (χ4v) is 8.70. The highest BCUT2D eigenvalue weighted by Gasteiger charge is 2.40. The second kappa shape index (κ2) is 8.55. The van der Waals surface area contributed by atoms with Gasteiger partial charge in [0.15, 0.2) is 5.65 Å². The Balaban J connectivity index is 1.23. The Morgan fingerprint density at radius 1 is 0.822 bits per heavy atom. The molecule has 0 fully saturated rings. The second-order valence-corrected chi connectivity index (χ2v) is 14.2. The summed E-state index contributed by atoms with van der Waals surface area (Å²) >= 11 is 1.81. The number of pyridine rings is 1. The average Bonchev–Trinajstić information content (AvgIpc) is 3.68. The van der Waals surface area contributed by atoms with Crippen molar-refractivity contribution >= 4 is 71.6 Å². The standard InChI is InChI=1S/C37H27BN4O2S/c1-37(2,3)23-14-15-39-36-35(23)45-33-17-21-16-32-25(19-28(21)42(33)36)38-24-18-22(41-20-40(4)26-8-5-6-9-27(26)41)12-13-29(24)43-30-10-7-11-31(44-32)34(30)38/h5-19H,1-4H3. The van der Waals surface area contributed by atoms with E-state index in [0.29, 0.717) is 0 Å². The first kappa shape index (κ1) is 25.3. The third-order valence-electron chi connectivity index (χ3n) is 9.37. The van der Waals surface area contributed by atoms with Crippen LogP contribution in [0.4, 0.5) is 0 Å². The molecule has 4 aromatic carbocycles. The van der Waals surface area contributed by atoms with Crippen LogP contribution in [0.3, 0.4) is 0 Å². The molecule has 0 aliphatic carbocycles. The lowest BCUT2D eigenvalue weighted by molar-refractivity contribution is -0.649. The van der Waals surface area contributed by atoms with Crippen molar-refractivity contribution in [2.45, 2.75) is 26.2 Å². The predicted molar refractivity (Wildman–Crippen MR) is 181 cm³/mol. The van der Waals surface area contributed by atoms with E-state index >= 15 is 0 Å². The number of ether oxygens (including phenoxy) is 2. The van der Waals surface area contributed by atoms with Gasteiger partial charge in [-0.25, -0.2) is 4.98 Å². The number of fused-ring (bicyclic) bond motifs is 10. The van der Waals surface area contributed by atoms with Crippen molar-refractivity contribution in [1.29, 1.82) is 0 Å². The number of benzene rings is 4. The molecule has 0 unspecified atom stereocenters. The van der Waals surface area contributed by atoms with E-state index in [9.17, 15) is 0 Å². The van der Waals surface area contributed by atoms with E-state index in [-0.39, 0.29) is 12.1 Å². The van der Waals surface area contributed by atoms with Gasteiger partial charge in [-0.3, -0.25) is 4.40 Å². The van der Waals surface area contributed by atoms with Gasteiger partial charge >= 0.3 is 0 Å². The molecule has 0 bridgehead atoms. The number of aromatic nitrogens is 4. The van der Waals surface area contributed by atoms with E-state index in [1.54, 1.807) is 0 Å². The molecule has 0 spiro atoms. The lowest BCUT2D eigenvalue weighted by Gasteiger charge is -2.33. The van der Waals surface area contributed by atoms with E-state index in [0.717, 1.165) is 72.7 Å². The molecule has 8 heteroatoms. The van der Waals surface area contributed by atoms with Crippen molar-refractivity contribution in [1.82, 2.24) is 14.0 Å². The third-order valence-corrected chi connectivity index (χ3v) is 10.5. The number of imidazole rings is 1. The Bertz CT molecular complexity index is 2570. The average molecular weight is 603 g/mol. The summed E-state index contributed by atoms with van der Waals surface area (Å²) in [5.74, 6) is 3.42. The zero-order valence-electron chi connectivity index (χ0n) is 25.3. The maximum Gasteiger partial charge on any atom is 0.259 e. The molecule has 0 N–H and O–H groups in total. The molecule has 0 amide bonds. The summed E-state index contributed by atoms with van der Waals surface area (Å²) in [5, 5.41) is 1.14. The minimum absolute atomic E-state index is 0.0238. The van der Waals surface area contributed by atoms with Crippen LogP contribution < -0.4 is 30.4 Å². The largest absolute Gasteiger partial charge is 0.458 e. The minimum atomic E-state index is -0.0582. The highest BCUT2D eigenvalue weighted by molar-refractivity contribution is 7.24.